The van der Waals surface area contributed by atoms with Crippen LogP contribution in [0.1, 0.15) is 29.7 Å². The summed E-state index contributed by atoms with van der Waals surface area (Å²) in [7, 11) is 0. The van der Waals surface area contributed by atoms with E-state index in [4.69, 9.17) is 4.74 Å². The SMILES string of the molecule is Cl.OC1(c2ccc(F)cc2)CCN(Cc2ccc(OCc3ccccn3)cc2)CC1. The fourth-order valence-electron chi connectivity index (χ4n) is 3.72. The third-order valence-electron chi connectivity index (χ3n) is 5.51. The van der Waals surface area contributed by atoms with Crippen LogP contribution in [0.2, 0.25) is 0 Å². The summed E-state index contributed by atoms with van der Waals surface area (Å²) in [6.45, 7) is 2.88. The lowest BCUT2D eigenvalue weighted by Crippen LogP contribution is -2.42. The van der Waals surface area contributed by atoms with E-state index in [1.54, 1.807) is 18.3 Å². The highest BCUT2D eigenvalue weighted by Gasteiger charge is 2.33. The number of hydrogen-bond acceptors (Lipinski definition) is 4. The maximum absolute atomic E-state index is 13.1. The Morgan fingerprint density at radius 3 is 2.30 bits per heavy atom. The minimum absolute atomic E-state index is 0. The smallest absolute Gasteiger partial charge is 0.130 e. The van der Waals surface area contributed by atoms with Gasteiger partial charge >= 0.3 is 0 Å². The van der Waals surface area contributed by atoms with Gasteiger partial charge in [0.05, 0.1) is 11.3 Å². The zero-order valence-corrected chi connectivity index (χ0v) is 17.5. The number of aromatic nitrogens is 1. The van der Waals surface area contributed by atoms with E-state index in [0.717, 1.165) is 36.6 Å². The minimum Gasteiger partial charge on any atom is -0.487 e. The molecule has 0 spiro atoms. The third kappa shape index (κ3) is 5.57. The molecule has 2 heterocycles. The van der Waals surface area contributed by atoms with Crippen LogP contribution in [0, 0.1) is 5.82 Å². The van der Waals surface area contributed by atoms with E-state index in [-0.39, 0.29) is 18.2 Å². The Morgan fingerprint density at radius 2 is 1.67 bits per heavy atom. The van der Waals surface area contributed by atoms with E-state index in [1.165, 1.54) is 17.7 Å². The Bertz CT molecular complexity index is 912. The first-order valence-corrected chi connectivity index (χ1v) is 9.93. The number of rotatable bonds is 6. The quantitative estimate of drug-likeness (QED) is 0.617. The molecule has 4 rings (SSSR count). The van der Waals surface area contributed by atoms with E-state index >= 15 is 0 Å². The molecule has 1 saturated heterocycles. The second kappa shape index (κ2) is 10.0. The van der Waals surface area contributed by atoms with Crippen molar-refractivity contribution in [2.75, 3.05) is 13.1 Å². The highest BCUT2D eigenvalue weighted by molar-refractivity contribution is 5.85. The summed E-state index contributed by atoms with van der Waals surface area (Å²) >= 11 is 0. The lowest BCUT2D eigenvalue weighted by atomic mass is 9.84. The molecule has 3 aromatic rings. The van der Waals surface area contributed by atoms with Crippen LogP contribution < -0.4 is 4.74 Å². The van der Waals surface area contributed by atoms with E-state index in [2.05, 4.69) is 22.0 Å². The van der Waals surface area contributed by atoms with E-state index in [0.29, 0.717) is 19.4 Å². The van der Waals surface area contributed by atoms with Crippen LogP contribution in [0.3, 0.4) is 0 Å². The van der Waals surface area contributed by atoms with Gasteiger partial charge in [0.1, 0.15) is 18.2 Å². The number of hydrogen-bond donors (Lipinski definition) is 1. The predicted molar refractivity (Wildman–Crippen MR) is 117 cm³/mol. The zero-order chi connectivity index (χ0) is 20.1. The lowest BCUT2D eigenvalue weighted by Gasteiger charge is -2.38. The van der Waals surface area contributed by atoms with Crippen molar-refractivity contribution in [2.24, 2.45) is 0 Å². The van der Waals surface area contributed by atoms with Gasteiger partial charge in [0.25, 0.3) is 0 Å². The van der Waals surface area contributed by atoms with E-state index in [9.17, 15) is 9.50 Å². The monoisotopic (exact) mass is 428 g/mol. The predicted octanol–water partition coefficient (Wildman–Crippen LogP) is 4.71. The Balaban J connectivity index is 0.00000256. The third-order valence-corrected chi connectivity index (χ3v) is 5.51. The van der Waals surface area contributed by atoms with Crippen LogP contribution >= 0.6 is 12.4 Å². The molecule has 0 bridgehead atoms. The number of pyridine rings is 1. The largest absolute Gasteiger partial charge is 0.487 e. The molecule has 0 unspecified atom stereocenters. The van der Waals surface area contributed by atoms with Crippen LogP contribution in [0.4, 0.5) is 4.39 Å². The van der Waals surface area contributed by atoms with Gasteiger partial charge in [0, 0.05) is 25.8 Å². The van der Waals surface area contributed by atoms with Gasteiger partial charge in [0.2, 0.25) is 0 Å². The first-order valence-electron chi connectivity index (χ1n) is 9.93. The molecule has 0 aliphatic carbocycles. The summed E-state index contributed by atoms with van der Waals surface area (Å²) in [5.74, 6) is 0.547. The Morgan fingerprint density at radius 1 is 0.967 bits per heavy atom. The van der Waals surface area contributed by atoms with Crippen molar-refractivity contribution in [3.05, 3.63) is 95.6 Å². The molecule has 1 fully saturated rings. The Labute approximate surface area is 182 Å². The average Bonchev–Trinajstić information content (AvgIpc) is 2.76. The van der Waals surface area contributed by atoms with Crippen molar-refractivity contribution < 1.29 is 14.2 Å². The zero-order valence-electron chi connectivity index (χ0n) is 16.7. The van der Waals surface area contributed by atoms with Crippen molar-refractivity contribution in [1.29, 1.82) is 0 Å². The van der Waals surface area contributed by atoms with Crippen molar-refractivity contribution in [2.45, 2.75) is 31.6 Å². The minimum atomic E-state index is -0.868. The molecule has 0 atom stereocenters. The highest BCUT2D eigenvalue weighted by Crippen LogP contribution is 2.33. The number of nitrogens with zero attached hydrogens (tertiary/aromatic N) is 2. The Hall–Kier alpha value is -2.47. The van der Waals surface area contributed by atoms with Gasteiger partial charge in [-0.25, -0.2) is 4.39 Å². The van der Waals surface area contributed by atoms with Crippen LogP contribution in [0.15, 0.2) is 72.9 Å². The normalized spacial score (nSPS) is 15.9. The van der Waals surface area contributed by atoms with Crippen LogP contribution in [0.5, 0.6) is 5.75 Å². The van der Waals surface area contributed by atoms with E-state index in [1.807, 2.05) is 30.3 Å². The second-order valence-corrected chi connectivity index (χ2v) is 7.57. The molecule has 0 radical (unpaired) electrons. The molecule has 1 N–H and O–H groups in total. The number of likely N-dealkylation sites (tertiary alicyclic amines) is 1. The maximum Gasteiger partial charge on any atom is 0.130 e. The molecule has 1 aromatic heterocycles. The van der Waals surface area contributed by atoms with Gasteiger partial charge < -0.3 is 9.84 Å². The summed E-state index contributed by atoms with van der Waals surface area (Å²) in [6.07, 6.45) is 3.05. The van der Waals surface area contributed by atoms with Gasteiger partial charge in [-0.15, -0.1) is 12.4 Å². The van der Waals surface area contributed by atoms with E-state index < -0.39 is 5.60 Å². The lowest BCUT2D eigenvalue weighted by molar-refractivity contribution is -0.0277. The Kier molecular flexibility index (Phi) is 7.43. The molecule has 158 valence electrons. The fraction of sp³-hybridized carbons (Fsp3) is 0.292. The molecular weight excluding hydrogens is 403 g/mol. The van der Waals surface area contributed by atoms with Crippen molar-refractivity contribution in [3.8, 4) is 5.75 Å². The first-order chi connectivity index (χ1) is 14.1. The number of benzene rings is 2. The number of ether oxygens (including phenoxy) is 1. The molecule has 4 nitrogen and oxygen atoms in total. The summed E-state index contributed by atoms with van der Waals surface area (Å²) in [4.78, 5) is 6.59. The van der Waals surface area contributed by atoms with Crippen LogP contribution in [-0.4, -0.2) is 28.1 Å². The molecule has 1 aliphatic rings. The number of aliphatic hydroxyl groups is 1. The molecule has 30 heavy (non-hydrogen) atoms. The molecule has 1 aliphatic heterocycles. The fourth-order valence-corrected chi connectivity index (χ4v) is 3.72. The van der Waals surface area contributed by atoms with Gasteiger partial charge in [-0.1, -0.05) is 30.3 Å². The topological polar surface area (TPSA) is 45.6 Å². The van der Waals surface area contributed by atoms with Gasteiger partial charge in [0.15, 0.2) is 0 Å². The second-order valence-electron chi connectivity index (χ2n) is 7.57. The maximum atomic E-state index is 13.1. The standard InChI is InChI=1S/C24H25FN2O2.ClH/c25-21-8-6-20(7-9-21)24(28)12-15-27(16-13-24)17-19-4-10-23(11-5-19)29-18-22-3-1-2-14-26-22;/h1-11,14,28H,12-13,15-18H2;1H. The average molecular weight is 429 g/mol. The van der Waals surface area contributed by atoms with Crippen LogP contribution in [0.25, 0.3) is 0 Å². The van der Waals surface area contributed by atoms with Crippen molar-refractivity contribution in [3.63, 3.8) is 0 Å². The molecule has 2 aromatic carbocycles. The molecular formula is C24H26ClFN2O2. The first kappa shape index (κ1) is 22.2. The molecule has 6 heteroatoms. The van der Waals surface area contributed by atoms with Crippen molar-refractivity contribution >= 4 is 12.4 Å². The van der Waals surface area contributed by atoms with Gasteiger partial charge in [-0.2, -0.15) is 0 Å². The summed E-state index contributed by atoms with van der Waals surface area (Å²) < 4.78 is 18.9. The summed E-state index contributed by atoms with van der Waals surface area (Å²) in [5.41, 5.74) is 2.04. The number of halogens is 2. The highest BCUT2D eigenvalue weighted by atomic mass is 35.5. The molecule has 0 amide bonds. The van der Waals surface area contributed by atoms with Gasteiger partial charge in [-0.05, 0) is 60.4 Å². The summed E-state index contributed by atoms with van der Waals surface area (Å²) in [5, 5.41) is 10.9. The van der Waals surface area contributed by atoms with Gasteiger partial charge in [-0.3, -0.25) is 9.88 Å². The molecule has 0 saturated carbocycles. The van der Waals surface area contributed by atoms with Crippen molar-refractivity contribution in [1.82, 2.24) is 9.88 Å². The number of piperidine rings is 1. The van der Waals surface area contributed by atoms with Crippen LogP contribution in [-0.2, 0) is 18.8 Å². The summed E-state index contributed by atoms with van der Waals surface area (Å²) in [6, 6.07) is 20.1.